The molecular formula is C20H23N5O4. The third-order valence-corrected chi connectivity index (χ3v) is 4.70. The minimum Gasteiger partial charge on any atom is -0.449 e. The summed E-state index contributed by atoms with van der Waals surface area (Å²) < 4.78 is 12.7. The van der Waals surface area contributed by atoms with Gasteiger partial charge in [-0.05, 0) is 32.9 Å². The Labute approximate surface area is 167 Å². The van der Waals surface area contributed by atoms with Crippen LogP contribution in [0.15, 0.2) is 35.0 Å². The van der Waals surface area contributed by atoms with Crippen molar-refractivity contribution in [3.63, 3.8) is 0 Å². The zero-order chi connectivity index (χ0) is 20.5. The lowest BCUT2D eigenvalue weighted by molar-refractivity contribution is -0.144. The monoisotopic (exact) mass is 397 g/mol. The van der Waals surface area contributed by atoms with Crippen molar-refractivity contribution in [2.45, 2.75) is 39.5 Å². The number of morpholine rings is 1. The molecule has 2 unspecified atom stereocenters. The van der Waals surface area contributed by atoms with Crippen molar-refractivity contribution >= 4 is 28.6 Å². The third-order valence-electron chi connectivity index (χ3n) is 4.70. The molecule has 3 aromatic heterocycles. The zero-order valence-electron chi connectivity index (χ0n) is 16.6. The van der Waals surface area contributed by atoms with Crippen LogP contribution in [0.1, 0.15) is 30.1 Å². The van der Waals surface area contributed by atoms with Crippen LogP contribution in [0.4, 0.5) is 5.69 Å². The quantitative estimate of drug-likeness (QED) is 0.724. The number of pyridine rings is 1. The molecule has 1 fully saturated rings. The molecule has 2 atom stereocenters. The van der Waals surface area contributed by atoms with Gasteiger partial charge in [-0.15, -0.1) is 0 Å². The molecule has 1 aliphatic rings. The van der Waals surface area contributed by atoms with Crippen LogP contribution < -0.4 is 5.32 Å². The van der Waals surface area contributed by atoms with Gasteiger partial charge in [0.15, 0.2) is 11.3 Å². The number of carbonyl (C=O) groups is 2. The Kier molecular flexibility index (Phi) is 5.06. The zero-order valence-corrected chi connectivity index (χ0v) is 16.6. The summed E-state index contributed by atoms with van der Waals surface area (Å²) in [6, 6.07) is 5.21. The first-order valence-corrected chi connectivity index (χ1v) is 9.51. The molecular weight excluding hydrogens is 374 g/mol. The number of fused-ring (bicyclic) bond motifs is 1. The second-order valence-electron chi connectivity index (χ2n) is 7.38. The Morgan fingerprint density at radius 1 is 1.24 bits per heavy atom. The largest absolute Gasteiger partial charge is 0.449 e. The van der Waals surface area contributed by atoms with Crippen molar-refractivity contribution in [3.05, 3.63) is 42.0 Å². The van der Waals surface area contributed by atoms with Crippen molar-refractivity contribution in [3.8, 4) is 0 Å². The SMILES string of the molecule is Cc1ccc2oc(C(=O)Nc3cnn(CC(=O)N4CC(C)OC(C)C4)c3)cc2n1. The van der Waals surface area contributed by atoms with Crippen molar-refractivity contribution in [2.75, 3.05) is 18.4 Å². The highest BCUT2D eigenvalue weighted by Gasteiger charge is 2.26. The van der Waals surface area contributed by atoms with Gasteiger partial charge in [0.2, 0.25) is 5.91 Å². The maximum Gasteiger partial charge on any atom is 0.291 e. The first kappa shape index (κ1) is 19.1. The molecule has 2 amide bonds. The maximum atomic E-state index is 12.5. The first-order valence-electron chi connectivity index (χ1n) is 9.51. The summed E-state index contributed by atoms with van der Waals surface area (Å²) >= 11 is 0. The number of aryl methyl sites for hydroxylation is 1. The Morgan fingerprint density at radius 2 is 2.00 bits per heavy atom. The van der Waals surface area contributed by atoms with E-state index in [1.165, 1.54) is 10.9 Å². The van der Waals surface area contributed by atoms with Crippen LogP contribution in [0, 0.1) is 6.92 Å². The molecule has 0 aliphatic carbocycles. The Hall–Kier alpha value is -3.20. The average Bonchev–Trinajstić information content (AvgIpc) is 3.27. The summed E-state index contributed by atoms with van der Waals surface area (Å²) in [6.45, 7) is 7.00. The number of amides is 2. The van der Waals surface area contributed by atoms with Crippen molar-refractivity contribution in [2.24, 2.45) is 0 Å². The van der Waals surface area contributed by atoms with E-state index in [1.807, 2.05) is 26.8 Å². The minimum absolute atomic E-state index is 0.0113. The van der Waals surface area contributed by atoms with Crippen LogP contribution in [0.25, 0.3) is 11.1 Å². The second-order valence-corrected chi connectivity index (χ2v) is 7.38. The van der Waals surface area contributed by atoms with Crippen molar-refractivity contribution in [1.29, 1.82) is 0 Å². The second kappa shape index (κ2) is 7.67. The summed E-state index contributed by atoms with van der Waals surface area (Å²) in [5.74, 6) is -0.271. The smallest absolute Gasteiger partial charge is 0.291 e. The summed E-state index contributed by atoms with van der Waals surface area (Å²) in [7, 11) is 0. The standard InChI is InChI=1S/C20H23N5O4/c1-12-4-5-17-16(22-12)6-18(29-17)20(27)23-15-7-21-25(10-15)11-19(26)24-8-13(2)28-14(3)9-24/h4-7,10,13-14H,8-9,11H2,1-3H3,(H,23,27). The normalized spacial score (nSPS) is 19.5. The predicted molar refractivity (Wildman–Crippen MR) is 106 cm³/mol. The van der Waals surface area contributed by atoms with Gasteiger partial charge in [0.1, 0.15) is 12.1 Å². The molecule has 152 valence electrons. The fourth-order valence-electron chi connectivity index (χ4n) is 3.47. The number of rotatable bonds is 4. The van der Waals surface area contributed by atoms with Crippen LogP contribution in [0.2, 0.25) is 0 Å². The number of hydrogen-bond acceptors (Lipinski definition) is 6. The molecule has 1 aliphatic heterocycles. The average molecular weight is 397 g/mol. The van der Waals surface area contributed by atoms with E-state index < -0.39 is 5.91 Å². The van der Waals surface area contributed by atoms with Crippen molar-refractivity contribution < 1.29 is 18.7 Å². The number of ether oxygens (including phenoxy) is 1. The summed E-state index contributed by atoms with van der Waals surface area (Å²) in [5, 5.41) is 6.90. The van der Waals surface area contributed by atoms with Gasteiger partial charge in [-0.3, -0.25) is 14.3 Å². The Balaban J connectivity index is 1.39. The van der Waals surface area contributed by atoms with Crippen LogP contribution in [0.3, 0.4) is 0 Å². The van der Waals surface area contributed by atoms with Crippen LogP contribution >= 0.6 is 0 Å². The molecule has 9 heteroatoms. The lowest BCUT2D eigenvalue weighted by Gasteiger charge is -2.35. The Bertz CT molecular complexity index is 1050. The van der Waals surface area contributed by atoms with E-state index in [9.17, 15) is 9.59 Å². The molecule has 0 bridgehead atoms. The van der Waals surface area contributed by atoms with E-state index in [0.29, 0.717) is 29.9 Å². The number of aromatic nitrogens is 3. The molecule has 3 aromatic rings. The summed E-state index contributed by atoms with van der Waals surface area (Å²) in [4.78, 5) is 31.1. The number of nitrogens with zero attached hydrogens (tertiary/aromatic N) is 4. The van der Waals surface area contributed by atoms with Gasteiger partial charge in [-0.25, -0.2) is 4.98 Å². The van der Waals surface area contributed by atoms with Crippen LogP contribution in [-0.2, 0) is 16.1 Å². The number of carbonyl (C=O) groups excluding carboxylic acids is 2. The number of nitrogens with one attached hydrogen (secondary N) is 1. The van der Waals surface area contributed by atoms with E-state index in [-0.39, 0.29) is 30.4 Å². The molecule has 4 heterocycles. The van der Waals surface area contributed by atoms with E-state index >= 15 is 0 Å². The molecule has 0 radical (unpaired) electrons. The van der Waals surface area contributed by atoms with Crippen LogP contribution in [0.5, 0.6) is 0 Å². The molecule has 9 nitrogen and oxygen atoms in total. The van der Waals surface area contributed by atoms with Gasteiger partial charge in [0.05, 0.1) is 24.1 Å². The fourth-order valence-corrected chi connectivity index (χ4v) is 3.47. The topological polar surface area (TPSA) is 102 Å². The van der Waals surface area contributed by atoms with E-state index in [2.05, 4.69) is 15.4 Å². The molecule has 1 saturated heterocycles. The lowest BCUT2D eigenvalue weighted by atomic mass is 10.2. The van der Waals surface area contributed by atoms with Crippen LogP contribution in [-0.4, -0.2) is 56.8 Å². The first-order chi connectivity index (χ1) is 13.9. The van der Waals surface area contributed by atoms with Gasteiger partial charge < -0.3 is 19.4 Å². The number of hydrogen-bond donors (Lipinski definition) is 1. The highest BCUT2D eigenvalue weighted by Crippen LogP contribution is 2.19. The van der Waals surface area contributed by atoms with E-state index in [4.69, 9.17) is 9.15 Å². The fraction of sp³-hybridized carbons (Fsp3) is 0.400. The highest BCUT2D eigenvalue weighted by atomic mass is 16.5. The van der Waals surface area contributed by atoms with Gasteiger partial charge in [0, 0.05) is 31.0 Å². The van der Waals surface area contributed by atoms with Gasteiger partial charge in [-0.1, -0.05) is 0 Å². The number of anilines is 1. The summed E-state index contributed by atoms with van der Waals surface area (Å²) in [5.41, 5.74) is 2.51. The molecule has 4 rings (SSSR count). The highest BCUT2D eigenvalue weighted by molar-refractivity contribution is 6.04. The van der Waals surface area contributed by atoms with Crippen molar-refractivity contribution in [1.82, 2.24) is 19.7 Å². The lowest BCUT2D eigenvalue weighted by Crippen LogP contribution is -2.49. The summed E-state index contributed by atoms with van der Waals surface area (Å²) in [6.07, 6.45) is 3.14. The van der Waals surface area contributed by atoms with Gasteiger partial charge in [-0.2, -0.15) is 5.10 Å². The van der Waals surface area contributed by atoms with E-state index in [1.54, 1.807) is 23.2 Å². The molecule has 1 N–H and O–H groups in total. The predicted octanol–water partition coefficient (Wildman–Crippen LogP) is 2.22. The molecule has 0 saturated carbocycles. The number of furan rings is 1. The van der Waals surface area contributed by atoms with E-state index in [0.717, 1.165) is 5.69 Å². The molecule has 0 aromatic carbocycles. The van der Waals surface area contributed by atoms with Gasteiger partial charge >= 0.3 is 0 Å². The molecule has 29 heavy (non-hydrogen) atoms. The Morgan fingerprint density at radius 3 is 2.76 bits per heavy atom. The van der Waals surface area contributed by atoms with Gasteiger partial charge in [0.25, 0.3) is 5.91 Å². The minimum atomic E-state index is -0.401. The maximum absolute atomic E-state index is 12.5. The third kappa shape index (κ3) is 4.29. The molecule has 0 spiro atoms.